The van der Waals surface area contributed by atoms with Crippen molar-refractivity contribution < 1.29 is 24.6 Å². The van der Waals surface area contributed by atoms with E-state index in [2.05, 4.69) is 5.32 Å². The summed E-state index contributed by atoms with van der Waals surface area (Å²) in [5, 5.41) is 20.1. The lowest BCUT2D eigenvalue weighted by Gasteiger charge is -2.16. The minimum Gasteiger partial charge on any atom is -0.481 e. The van der Waals surface area contributed by atoms with E-state index in [9.17, 15) is 14.4 Å². The van der Waals surface area contributed by atoms with Crippen molar-refractivity contribution >= 4 is 17.8 Å². The Bertz CT molecular complexity index is 421. The predicted octanol–water partition coefficient (Wildman–Crippen LogP) is 0.163. The molecule has 1 unspecified atom stereocenters. The summed E-state index contributed by atoms with van der Waals surface area (Å²) in [6.07, 6.45) is 3.09. The number of carboxylic acids is 2. The molecule has 1 fully saturated rings. The second-order valence-electron chi connectivity index (χ2n) is 3.55. The van der Waals surface area contributed by atoms with Gasteiger partial charge in [-0.15, -0.1) is 0 Å². The fourth-order valence-corrected chi connectivity index (χ4v) is 1.88. The van der Waals surface area contributed by atoms with Gasteiger partial charge in [0.2, 0.25) is 0 Å². The van der Waals surface area contributed by atoms with Crippen LogP contribution >= 0.6 is 0 Å². The van der Waals surface area contributed by atoms with Crippen molar-refractivity contribution in [2.45, 2.75) is 19.9 Å². The van der Waals surface area contributed by atoms with Gasteiger partial charge in [-0.1, -0.05) is 12.2 Å². The molecule has 1 saturated heterocycles. The number of carboxylic acid groups (broad SMARTS) is 2. The predicted molar refractivity (Wildman–Crippen MR) is 58.2 cm³/mol. The molecule has 1 aliphatic rings. The number of carbonyl (C=O) groups is 3. The molecule has 0 spiro atoms. The highest BCUT2D eigenvalue weighted by Gasteiger charge is 2.43. The number of amides is 1. The first-order valence-corrected chi connectivity index (χ1v) is 5.03. The number of hydrogen-bond donors (Lipinski definition) is 3. The van der Waals surface area contributed by atoms with E-state index in [1.165, 1.54) is 6.08 Å². The third-order valence-electron chi connectivity index (χ3n) is 2.64. The number of carbonyl (C=O) groups excluding carboxylic acids is 1. The van der Waals surface area contributed by atoms with Gasteiger partial charge in [-0.3, -0.25) is 14.4 Å². The van der Waals surface area contributed by atoms with E-state index >= 15 is 0 Å². The van der Waals surface area contributed by atoms with Crippen molar-refractivity contribution in [3.63, 3.8) is 0 Å². The summed E-state index contributed by atoms with van der Waals surface area (Å²) in [5.74, 6) is -5.07. The zero-order valence-electron chi connectivity index (χ0n) is 9.43. The normalized spacial score (nSPS) is 24.4. The van der Waals surface area contributed by atoms with Crippen molar-refractivity contribution in [1.82, 2.24) is 5.32 Å². The van der Waals surface area contributed by atoms with Crippen LogP contribution in [0.2, 0.25) is 0 Å². The van der Waals surface area contributed by atoms with Gasteiger partial charge in [-0.25, -0.2) is 0 Å². The first kappa shape index (κ1) is 13.0. The fourth-order valence-electron chi connectivity index (χ4n) is 1.88. The van der Waals surface area contributed by atoms with Crippen LogP contribution in [0.25, 0.3) is 0 Å². The van der Waals surface area contributed by atoms with E-state index in [1.54, 1.807) is 19.9 Å². The summed E-state index contributed by atoms with van der Waals surface area (Å²) >= 11 is 0. The standard InChI is InChI=1S/C11H13NO5/c1-3-5-6(4-2)9(13)12-8(5)7(10(14)15)11(16)17/h3-4,7-8H,1-2H3,(H,12,13)(H,14,15)(H,16,17)/b5-3+,6-4+. The van der Waals surface area contributed by atoms with Gasteiger partial charge < -0.3 is 15.5 Å². The minimum atomic E-state index is -1.68. The highest BCUT2D eigenvalue weighted by Crippen LogP contribution is 2.27. The SMILES string of the molecule is C/C=C1/C(=O)NC(C(C(=O)O)C(=O)O)/C1=C/C. The molecule has 6 heteroatoms. The molecule has 1 rings (SSSR count). The molecule has 0 radical (unpaired) electrons. The Morgan fingerprint density at radius 3 is 2.12 bits per heavy atom. The maximum absolute atomic E-state index is 11.5. The highest BCUT2D eigenvalue weighted by molar-refractivity contribution is 6.05. The molecule has 0 saturated carbocycles. The van der Waals surface area contributed by atoms with Crippen molar-refractivity contribution in [3.8, 4) is 0 Å². The second kappa shape index (κ2) is 4.82. The molecule has 0 aliphatic carbocycles. The summed E-state index contributed by atoms with van der Waals surface area (Å²) in [7, 11) is 0. The molecule has 6 nitrogen and oxygen atoms in total. The van der Waals surface area contributed by atoms with E-state index in [1.807, 2.05) is 0 Å². The average Bonchev–Trinajstić information content (AvgIpc) is 2.53. The zero-order valence-corrected chi connectivity index (χ0v) is 9.43. The molecule has 1 amide bonds. The Balaban J connectivity index is 3.19. The van der Waals surface area contributed by atoms with E-state index in [4.69, 9.17) is 10.2 Å². The van der Waals surface area contributed by atoms with Gasteiger partial charge in [-0.05, 0) is 19.4 Å². The smallest absolute Gasteiger partial charge is 0.320 e. The molecule has 0 aromatic rings. The molecule has 17 heavy (non-hydrogen) atoms. The van der Waals surface area contributed by atoms with Gasteiger partial charge in [0.05, 0.1) is 6.04 Å². The van der Waals surface area contributed by atoms with E-state index in [0.29, 0.717) is 11.1 Å². The summed E-state index contributed by atoms with van der Waals surface area (Å²) in [6.45, 7) is 3.27. The van der Waals surface area contributed by atoms with Gasteiger partial charge in [0.15, 0.2) is 5.92 Å². The average molecular weight is 239 g/mol. The van der Waals surface area contributed by atoms with E-state index in [-0.39, 0.29) is 0 Å². The van der Waals surface area contributed by atoms with Crippen LogP contribution in [0.3, 0.4) is 0 Å². The van der Waals surface area contributed by atoms with Gasteiger partial charge >= 0.3 is 11.9 Å². The Labute approximate surface area is 97.6 Å². The first-order valence-electron chi connectivity index (χ1n) is 5.03. The van der Waals surface area contributed by atoms with Gasteiger partial charge in [-0.2, -0.15) is 0 Å². The number of nitrogens with one attached hydrogen (secondary N) is 1. The Morgan fingerprint density at radius 2 is 1.76 bits per heavy atom. The lowest BCUT2D eigenvalue weighted by atomic mass is 9.92. The van der Waals surface area contributed by atoms with Gasteiger partial charge in [0.25, 0.3) is 5.91 Å². The number of hydrogen-bond acceptors (Lipinski definition) is 3. The molecule has 92 valence electrons. The summed E-state index contributed by atoms with van der Waals surface area (Å²) in [5.41, 5.74) is 0.734. The largest absolute Gasteiger partial charge is 0.481 e. The monoisotopic (exact) mass is 239 g/mol. The quantitative estimate of drug-likeness (QED) is 0.481. The summed E-state index contributed by atoms with van der Waals surface area (Å²) in [4.78, 5) is 33.4. The summed E-state index contributed by atoms with van der Waals surface area (Å²) < 4.78 is 0. The van der Waals surface area contributed by atoms with Gasteiger partial charge in [0, 0.05) is 5.57 Å². The maximum atomic E-state index is 11.5. The summed E-state index contributed by atoms with van der Waals surface area (Å²) in [6, 6.07) is -1.02. The Kier molecular flexibility index (Phi) is 3.67. The molecule has 0 aromatic carbocycles. The van der Waals surface area contributed by atoms with Crippen LogP contribution in [0.15, 0.2) is 23.3 Å². The van der Waals surface area contributed by atoms with Crippen LogP contribution in [0.4, 0.5) is 0 Å². The minimum absolute atomic E-state index is 0.324. The van der Waals surface area contributed by atoms with E-state index < -0.39 is 29.8 Å². The van der Waals surface area contributed by atoms with Crippen molar-refractivity contribution in [2.24, 2.45) is 5.92 Å². The third-order valence-corrected chi connectivity index (χ3v) is 2.64. The third kappa shape index (κ3) is 2.20. The number of aliphatic carboxylic acids is 2. The Hall–Kier alpha value is -2.11. The first-order chi connectivity index (χ1) is 7.93. The van der Waals surface area contributed by atoms with Crippen LogP contribution in [0, 0.1) is 5.92 Å². The van der Waals surface area contributed by atoms with Crippen LogP contribution in [-0.2, 0) is 14.4 Å². The van der Waals surface area contributed by atoms with Crippen LogP contribution in [0.1, 0.15) is 13.8 Å². The van der Waals surface area contributed by atoms with Crippen molar-refractivity contribution in [1.29, 1.82) is 0 Å². The van der Waals surface area contributed by atoms with Gasteiger partial charge in [0.1, 0.15) is 0 Å². The Morgan fingerprint density at radius 1 is 1.24 bits per heavy atom. The molecule has 1 aliphatic heterocycles. The van der Waals surface area contributed by atoms with Crippen molar-refractivity contribution in [3.05, 3.63) is 23.3 Å². The zero-order chi connectivity index (χ0) is 13.2. The lowest BCUT2D eigenvalue weighted by Crippen LogP contribution is -2.42. The molecule has 1 atom stereocenters. The maximum Gasteiger partial charge on any atom is 0.320 e. The molecular formula is C11H13NO5. The topological polar surface area (TPSA) is 104 Å². The van der Waals surface area contributed by atoms with Crippen molar-refractivity contribution in [2.75, 3.05) is 0 Å². The second-order valence-corrected chi connectivity index (χ2v) is 3.55. The highest BCUT2D eigenvalue weighted by atomic mass is 16.4. The number of allylic oxidation sites excluding steroid dienone is 2. The molecule has 0 aromatic heterocycles. The molecule has 1 heterocycles. The lowest BCUT2D eigenvalue weighted by molar-refractivity contribution is -0.155. The molecular weight excluding hydrogens is 226 g/mol. The fraction of sp³-hybridized carbons (Fsp3) is 0.364. The number of rotatable bonds is 3. The molecule has 3 N–H and O–H groups in total. The van der Waals surface area contributed by atoms with Crippen LogP contribution in [-0.4, -0.2) is 34.1 Å². The van der Waals surface area contributed by atoms with Crippen LogP contribution < -0.4 is 5.32 Å². The molecule has 0 bridgehead atoms. The van der Waals surface area contributed by atoms with E-state index in [0.717, 1.165) is 0 Å². The van der Waals surface area contributed by atoms with Crippen LogP contribution in [0.5, 0.6) is 0 Å².